The van der Waals surface area contributed by atoms with Crippen molar-refractivity contribution in [1.29, 1.82) is 0 Å². The van der Waals surface area contributed by atoms with Gasteiger partial charge in [-0.25, -0.2) is 4.98 Å². The fraction of sp³-hybridized carbons (Fsp3) is 0.600. The van der Waals surface area contributed by atoms with Gasteiger partial charge in [-0.05, 0) is 19.8 Å². The molecule has 0 saturated carbocycles. The largest absolute Gasteiger partial charge is 0.481 e. The van der Waals surface area contributed by atoms with Crippen LogP contribution in [0.15, 0.2) is 5.38 Å². The third kappa shape index (κ3) is 2.28. The van der Waals surface area contributed by atoms with Crippen LogP contribution in [0.1, 0.15) is 18.5 Å². The first kappa shape index (κ1) is 10.4. The molecule has 0 aromatic carbocycles. The molecular formula is C10H14N2O2S. The summed E-state index contributed by atoms with van der Waals surface area (Å²) >= 11 is 1.59. The first-order chi connectivity index (χ1) is 7.16. The van der Waals surface area contributed by atoms with Gasteiger partial charge in [0.15, 0.2) is 5.13 Å². The highest BCUT2D eigenvalue weighted by Gasteiger charge is 2.26. The van der Waals surface area contributed by atoms with E-state index in [0.717, 1.165) is 30.2 Å². The zero-order valence-electron chi connectivity index (χ0n) is 8.64. The molecule has 2 rings (SSSR count). The van der Waals surface area contributed by atoms with Gasteiger partial charge in [0.05, 0.1) is 11.6 Å². The molecule has 1 aliphatic rings. The number of carboxylic acid groups (broad SMARTS) is 1. The van der Waals surface area contributed by atoms with Gasteiger partial charge in [0.1, 0.15) is 0 Å². The van der Waals surface area contributed by atoms with Crippen LogP contribution in [0.25, 0.3) is 0 Å². The zero-order valence-corrected chi connectivity index (χ0v) is 9.46. The number of hydrogen-bond acceptors (Lipinski definition) is 4. The van der Waals surface area contributed by atoms with Crippen LogP contribution in [-0.2, 0) is 4.79 Å². The summed E-state index contributed by atoms with van der Waals surface area (Å²) in [5.41, 5.74) is 1.01. The Morgan fingerprint density at radius 3 is 3.13 bits per heavy atom. The monoisotopic (exact) mass is 226 g/mol. The van der Waals surface area contributed by atoms with Gasteiger partial charge in [0, 0.05) is 18.5 Å². The number of hydrogen-bond donors (Lipinski definition) is 1. The molecule has 0 aliphatic carbocycles. The van der Waals surface area contributed by atoms with Crippen LogP contribution in [-0.4, -0.2) is 29.1 Å². The second kappa shape index (κ2) is 4.18. The molecule has 15 heavy (non-hydrogen) atoms. The third-order valence-corrected chi connectivity index (χ3v) is 3.67. The third-order valence-electron chi connectivity index (χ3n) is 2.65. The minimum Gasteiger partial charge on any atom is -0.481 e. The smallest absolute Gasteiger partial charge is 0.308 e. The van der Waals surface area contributed by atoms with Crippen molar-refractivity contribution in [2.75, 3.05) is 18.0 Å². The molecule has 2 heterocycles. The zero-order chi connectivity index (χ0) is 10.8. The van der Waals surface area contributed by atoms with E-state index in [1.54, 1.807) is 11.3 Å². The van der Waals surface area contributed by atoms with E-state index in [9.17, 15) is 4.79 Å². The van der Waals surface area contributed by atoms with Gasteiger partial charge < -0.3 is 10.0 Å². The average molecular weight is 226 g/mol. The molecule has 0 bridgehead atoms. The summed E-state index contributed by atoms with van der Waals surface area (Å²) in [6.45, 7) is 3.48. The molecule has 82 valence electrons. The van der Waals surface area contributed by atoms with E-state index in [0.29, 0.717) is 6.54 Å². The number of aromatic nitrogens is 1. The highest BCUT2D eigenvalue weighted by molar-refractivity contribution is 7.13. The molecular weight excluding hydrogens is 212 g/mol. The molecule has 5 heteroatoms. The molecule has 1 aliphatic heterocycles. The highest BCUT2D eigenvalue weighted by Crippen LogP contribution is 2.26. The maximum absolute atomic E-state index is 10.9. The fourth-order valence-electron chi connectivity index (χ4n) is 1.84. The predicted molar refractivity (Wildman–Crippen MR) is 59.4 cm³/mol. The normalized spacial score (nSPS) is 21.7. The summed E-state index contributed by atoms with van der Waals surface area (Å²) in [5.74, 6) is -0.920. The lowest BCUT2D eigenvalue weighted by molar-refractivity contribution is -0.141. The predicted octanol–water partition coefficient (Wildman–Crippen LogP) is 1.75. The number of aryl methyl sites for hydroxylation is 1. The van der Waals surface area contributed by atoms with E-state index in [4.69, 9.17) is 5.11 Å². The summed E-state index contributed by atoms with van der Waals surface area (Å²) in [6.07, 6.45) is 1.73. The Balaban J connectivity index is 2.07. The summed E-state index contributed by atoms with van der Waals surface area (Å²) in [4.78, 5) is 17.4. The Kier molecular flexibility index (Phi) is 2.90. The Bertz CT molecular complexity index is 364. The van der Waals surface area contributed by atoms with Gasteiger partial charge in [-0.15, -0.1) is 11.3 Å². The molecule has 1 saturated heterocycles. The van der Waals surface area contributed by atoms with E-state index in [2.05, 4.69) is 9.88 Å². The SMILES string of the molecule is Cc1csc(N2CCCC(C(=O)O)C2)n1. The van der Waals surface area contributed by atoms with Crippen LogP contribution in [0, 0.1) is 12.8 Å². The summed E-state index contributed by atoms with van der Waals surface area (Å²) < 4.78 is 0. The number of aliphatic carboxylic acids is 1. The number of anilines is 1. The number of carboxylic acids is 1. The number of nitrogens with zero attached hydrogens (tertiary/aromatic N) is 2. The summed E-state index contributed by atoms with van der Waals surface area (Å²) in [6, 6.07) is 0. The number of rotatable bonds is 2. The van der Waals surface area contributed by atoms with Crippen molar-refractivity contribution in [3.63, 3.8) is 0 Å². The number of piperidine rings is 1. The molecule has 1 atom stereocenters. The van der Waals surface area contributed by atoms with Crippen molar-refractivity contribution in [2.24, 2.45) is 5.92 Å². The summed E-state index contributed by atoms with van der Waals surface area (Å²) in [7, 11) is 0. The van der Waals surface area contributed by atoms with Crippen LogP contribution in [0.3, 0.4) is 0 Å². The van der Waals surface area contributed by atoms with E-state index in [-0.39, 0.29) is 5.92 Å². The molecule has 1 N–H and O–H groups in total. The lowest BCUT2D eigenvalue weighted by Crippen LogP contribution is -2.38. The van der Waals surface area contributed by atoms with Crippen molar-refractivity contribution in [3.8, 4) is 0 Å². The molecule has 0 radical (unpaired) electrons. The van der Waals surface area contributed by atoms with Gasteiger partial charge in [0.25, 0.3) is 0 Å². The maximum Gasteiger partial charge on any atom is 0.308 e. The van der Waals surface area contributed by atoms with Gasteiger partial charge in [0.2, 0.25) is 0 Å². The lowest BCUT2D eigenvalue weighted by atomic mass is 9.99. The summed E-state index contributed by atoms with van der Waals surface area (Å²) in [5, 5.41) is 11.9. The molecule has 0 spiro atoms. The van der Waals surface area contributed by atoms with Crippen LogP contribution >= 0.6 is 11.3 Å². The van der Waals surface area contributed by atoms with E-state index >= 15 is 0 Å². The van der Waals surface area contributed by atoms with Crippen molar-refractivity contribution in [2.45, 2.75) is 19.8 Å². The van der Waals surface area contributed by atoms with E-state index in [1.807, 2.05) is 12.3 Å². The average Bonchev–Trinajstić information content (AvgIpc) is 2.65. The molecule has 1 unspecified atom stereocenters. The van der Waals surface area contributed by atoms with Crippen LogP contribution in [0.2, 0.25) is 0 Å². The Morgan fingerprint density at radius 2 is 2.53 bits per heavy atom. The van der Waals surface area contributed by atoms with Crippen molar-refractivity contribution in [1.82, 2.24) is 4.98 Å². The van der Waals surface area contributed by atoms with Gasteiger partial charge in [-0.2, -0.15) is 0 Å². The minimum absolute atomic E-state index is 0.233. The Hall–Kier alpha value is -1.10. The first-order valence-electron chi connectivity index (χ1n) is 5.06. The topological polar surface area (TPSA) is 53.4 Å². The lowest BCUT2D eigenvalue weighted by Gasteiger charge is -2.30. The van der Waals surface area contributed by atoms with Crippen LogP contribution < -0.4 is 4.90 Å². The van der Waals surface area contributed by atoms with Crippen LogP contribution in [0.4, 0.5) is 5.13 Å². The van der Waals surface area contributed by atoms with Crippen LogP contribution in [0.5, 0.6) is 0 Å². The standard InChI is InChI=1S/C10H14N2O2S/c1-7-6-15-10(11-7)12-4-2-3-8(5-12)9(13)14/h6,8H,2-5H2,1H3,(H,13,14). The number of carbonyl (C=O) groups is 1. The first-order valence-corrected chi connectivity index (χ1v) is 5.94. The van der Waals surface area contributed by atoms with E-state index < -0.39 is 5.97 Å². The Labute approximate surface area is 92.6 Å². The molecule has 1 aromatic rings. The second-order valence-corrected chi connectivity index (χ2v) is 4.73. The quantitative estimate of drug-likeness (QED) is 0.834. The molecule has 1 aromatic heterocycles. The molecule has 0 amide bonds. The molecule has 1 fully saturated rings. The minimum atomic E-state index is -0.687. The second-order valence-electron chi connectivity index (χ2n) is 3.89. The fourth-order valence-corrected chi connectivity index (χ4v) is 2.68. The highest BCUT2D eigenvalue weighted by atomic mass is 32.1. The van der Waals surface area contributed by atoms with Crippen molar-refractivity contribution >= 4 is 22.4 Å². The van der Waals surface area contributed by atoms with E-state index in [1.165, 1.54) is 0 Å². The van der Waals surface area contributed by atoms with Crippen molar-refractivity contribution < 1.29 is 9.90 Å². The maximum atomic E-state index is 10.9. The number of thiazole rings is 1. The van der Waals surface area contributed by atoms with Gasteiger partial charge in [-0.3, -0.25) is 4.79 Å². The van der Waals surface area contributed by atoms with Gasteiger partial charge >= 0.3 is 5.97 Å². The Morgan fingerprint density at radius 1 is 1.73 bits per heavy atom. The molecule has 4 nitrogen and oxygen atoms in total. The van der Waals surface area contributed by atoms with Gasteiger partial charge in [-0.1, -0.05) is 0 Å². The van der Waals surface area contributed by atoms with Crippen molar-refractivity contribution in [3.05, 3.63) is 11.1 Å².